The molecule has 1 aromatic carbocycles. The van der Waals surface area contributed by atoms with E-state index in [4.69, 9.17) is 9.47 Å². The molecule has 0 heterocycles. The third-order valence-corrected chi connectivity index (χ3v) is 15.2. The number of benzene rings is 1. The van der Waals surface area contributed by atoms with E-state index in [1.807, 2.05) is 57.2 Å². The molecule has 4 aliphatic rings. The van der Waals surface area contributed by atoms with Gasteiger partial charge in [-0.05, 0) is 143 Å². The van der Waals surface area contributed by atoms with Crippen LogP contribution in [0.4, 0.5) is 0 Å². The predicted octanol–water partition coefficient (Wildman–Crippen LogP) is 9.56. The van der Waals surface area contributed by atoms with Gasteiger partial charge in [0.25, 0.3) is 0 Å². The second-order valence-electron chi connectivity index (χ2n) is 20.2. The molecular formula is C45H67NO6. The second kappa shape index (κ2) is 14.0. The Morgan fingerprint density at radius 2 is 1.48 bits per heavy atom. The summed E-state index contributed by atoms with van der Waals surface area (Å²) >= 11 is 0. The van der Waals surface area contributed by atoms with E-state index in [1.165, 1.54) is 5.57 Å². The van der Waals surface area contributed by atoms with Crippen LogP contribution in [0.15, 0.2) is 42.0 Å². The van der Waals surface area contributed by atoms with E-state index < -0.39 is 17.0 Å². The van der Waals surface area contributed by atoms with E-state index in [0.717, 1.165) is 63.4 Å². The van der Waals surface area contributed by atoms with Crippen molar-refractivity contribution >= 4 is 23.6 Å². The van der Waals surface area contributed by atoms with Gasteiger partial charge in [0.2, 0.25) is 5.91 Å². The summed E-state index contributed by atoms with van der Waals surface area (Å²) in [5.41, 5.74) is 0.299. The van der Waals surface area contributed by atoms with Crippen LogP contribution < -0.4 is 5.32 Å². The van der Waals surface area contributed by atoms with Gasteiger partial charge in [-0.1, -0.05) is 77.4 Å². The Morgan fingerprint density at radius 1 is 0.846 bits per heavy atom. The lowest BCUT2D eigenvalue weighted by molar-refractivity contribution is -0.188. The van der Waals surface area contributed by atoms with Crippen LogP contribution in [-0.4, -0.2) is 35.8 Å². The molecule has 1 N–H and O–H groups in total. The van der Waals surface area contributed by atoms with E-state index in [-0.39, 0.29) is 69.0 Å². The third-order valence-electron chi connectivity index (χ3n) is 15.2. The summed E-state index contributed by atoms with van der Waals surface area (Å²) in [4.78, 5) is 53.6. The lowest BCUT2D eigenvalue weighted by Gasteiger charge is -2.68. The first-order valence-corrected chi connectivity index (χ1v) is 19.9. The first kappa shape index (κ1) is 40.2. The van der Waals surface area contributed by atoms with Gasteiger partial charge in [-0.25, -0.2) is 0 Å². The number of ketones is 1. The molecule has 4 aliphatic carbocycles. The normalized spacial score (nSPS) is 37.2. The van der Waals surface area contributed by atoms with Gasteiger partial charge in [0.15, 0.2) is 5.78 Å². The van der Waals surface area contributed by atoms with Crippen molar-refractivity contribution in [1.82, 2.24) is 5.32 Å². The maximum atomic E-state index is 14.3. The summed E-state index contributed by atoms with van der Waals surface area (Å²) in [6.07, 6.45) is 11.0. The Kier molecular flexibility index (Phi) is 10.9. The molecule has 0 saturated heterocycles. The number of ether oxygens (including phenoxy) is 2. The molecule has 6 atom stereocenters. The number of carbonyl (C=O) groups is 4. The van der Waals surface area contributed by atoms with Crippen molar-refractivity contribution in [3.8, 4) is 0 Å². The first-order chi connectivity index (χ1) is 24.0. The van der Waals surface area contributed by atoms with Crippen molar-refractivity contribution in [2.75, 3.05) is 6.54 Å². The fraction of sp³-hybridized carbons (Fsp3) is 0.733. The van der Waals surface area contributed by atoms with E-state index in [2.05, 4.69) is 60.7 Å². The summed E-state index contributed by atoms with van der Waals surface area (Å²) in [7, 11) is 0. The highest BCUT2D eigenvalue weighted by atomic mass is 16.6. The standard InChI is InChI=1S/C45H67NO6/c1-30-27-33(47)36-43(9)19-17-32(37(49)46-28-35(48)52-39(2,3)4)40(5,6)34(43)18-20-45(36,11)44(30,10)26-23-41(7)21-24-42(8,25-22-41)38(50)51-29-31-15-13-12-14-16-31/h12-16,27,32,34,36H,17-26,28-29H2,1-11H3,(H,46,49)/t32-,34+,36-,41?,42?,43+,44-,45-/m1/s1. The molecule has 0 radical (unpaired) electrons. The van der Waals surface area contributed by atoms with Crippen LogP contribution in [0.5, 0.6) is 0 Å². The minimum absolute atomic E-state index is 0.0894. The number of amides is 1. The zero-order valence-corrected chi connectivity index (χ0v) is 34.1. The summed E-state index contributed by atoms with van der Waals surface area (Å²) in [5.74, 6) is -0.538. The van der Waals surface area contributed by atoms with Crippen LogP contribution in [0.3, 0.4) is 0 Å². The van der Waals surface area contributed by atoms with Crippen molar-refractivity contribution in [2.24, 2.45) is 50.2 Å². The number of hydrogen-bond donors (Lipinski definition) is 1. The van der Waals surface area contributed by atoms with Gasteiger partial charge < -0.3 is 14.8 Å². The van der Waals surface area contributed by atoms with Gasteiger partial charge in [0, 0.05) is 11.8 Å². The number of fused-ring (bicyclic) bond motifs is 3. The predicted molar refractivity (Wildman–Crippen MR) is 205 cm³/mol. The molecule has 0 aliphatic heterocycles. The zero-order valence-electron chi connectivity index (χ0n) is 34.1. The monoisotopic (exact) mass is 717 g/mol. The van der Waals surface area contributed by atoms with E-state index >= 15 is 0 Å². The van der Waals surface area contributed by atoms with Gasteiger partial charge in [0.05, 0.1) is 5.41 Å². The molecule has 0 unspecified atom stereocenters. The number of carbonyl (C=O) groups excluding carboxylic acids is 4. The summed E-state index contributed by atoms with van der Waals surface area (Å²) in [5, 5.41) is 2.89. The number of hydrogen-bond acceptors (Lipinski definition) is 6. The molecule has 1 aromatic rings. The lowest BCUT2D eigenvalue weighted by atomic mass is 9.35. The SMILES string of the molecule is CC1=CC(=O)[C@@H]2[C@@]3(C)CC[C@H](C(=O)NCC(=O)OC(C)(C)C)C(C)(C)[C@@H]3CC[C@@]2(C)[C@]1(C)CCC1(C)CCC(C)(C(=O)OCc2ccccc2)CC1. The van der Waals surface area contributed by atoms with E-state index in [9.17, 15) is 19.2 Å². The molecule has 3 saturated carbocycles. The maximum Gasteiger partial charge on any atom is 0.325 e. The van der Waals surface area contributed by atoms with Crippen molar-refractivity contribution in [1.29, 1.82) is 0 Å². The molecule has 52 heavy (non-hydrogen) atoms. The van der Waals surface area contributed by atoms with Crippen LogP contribution in [-0.2, 0) is 35.3 Å². The molecule has 0 bridgehead atoms. The number of rotatable bonds is 9. The number of nitrogens with one attached hydrogen (secondary N) is 1. The van der Waals surface area contributed by atoms with Gasteiger partial charge in [-0.15, -0.1) is 0 Å². The lowest BCUT2D eigenvalue weighted by Crippen LogP contribution is -2.65. The molecule has 7 heteroatoms. The summed E-state index contributed by atoms with van der Waals surface area (Å²) in [6, 6.07) is 9.88. The second-order valence-corrected chi connectivity index (χ2v) is 20.2. The smallest absolute Gasteiger partial charge is 0.325 e. The average molecular weight is 718 g/mol. The van der Waals surface area contributed by atoms with Crippen LogP contribution in [0, 0.1) is 50.2 Å². The number of allylic oxidation sites excluding steroid dienone is 2. The van der Waals surface area contributed by atoms with Crippen molar-refractivity contribution in [3.63, 3.8) is 0 Å². The van der Waals surface area contributed by atoms with Crippen molar-refractivity contribution in [3.05, 3.63) is 47.5 Å². The Labute approximate surface area is 313 Å². The van der Waals surface area contributed by atoms with Crippen molar-refractivity contribution in [2.45, 2.75) is 153 Å². The molecule has 1 amide bonds. The first-order valence-electron chi connectivity index (χ1n) is 19.9. The third kappa shape index (κ3) is 7.40. The average Bonchev–Trinajstić information content (AvgIpc) is 3.05. The fourth-order valence-corrected chi connectivity index (χ4v) is 11.5. The summed E-state index contributed by atoms with van der Waals surface area (Å²) in [6.45, 7) is 23.8. The largest absolute Gasteiger partial charge is 0.460 e. The Balaban J connectivity index is 1.27. The quantitative estimate of drug-likeness (QED) is 0.256. The highest BCUT2D eigenvalue weighted by Gasteiger charge is 2.68. The van der Waals surface area contributed by atoms with E-state index in [1.54, 1.807) is 0 Å². The van der Waals surface area contributed by atoms with Gasteiger partial charge in [0.1, 0.15) is 18.8 Å². The molecule has 5 rings (SSSR count). The maximum absolute atomic E-state index is 14.3. The Hall–Kier alpha value is -2.96. The number of esters is 2. The molecule has 0 spiro atoms. The molecule has 3 fully saturated rings. The topological polar surface area (TPSA) is 98.8 Å². The summed E-state index contributed by atoms with van der Waals surface area (Å²) < 4.78 is 11.2. The van der Waals surface area contributed by atoms with Gasteiger partial charge >= 0.3 is 11.9 Å². The Bertz CT molecular complexity index is 1560. The highest BCUT2D eigenvalue weighted by molar-refractivity contribution is 5.95. The zero-order chi connectivity index (χ0) is 38.5. The van der Waals surface area contributed by atoms with Crippen molar-refractivity contribution < 1.29 is 28.7 Å². The van der Waals surface area contributed by atoms with Crippen LogP contribution in [0.2, 0.25) is 0 Å². The van der Waals surface area contributed by atoms with Crippen LogP contribution in [0.1, 0.15) is 146 Å². The van der Waals surface area contributed by atoms with Gasteiger partial charge in [-0.3, -0.25) is 19.2 Å². The molecular weight excluding hydrogens is 650 g/mol. The molecule has 7 nitrogen and oxygen atoms in total. The van der Waals surface area contributed by atoms with E-state index in [0.29, 0.717) is 13.0 Å². The van der Waals surface area contributed by atoms with Crippen LogP contribution >= 0.6 is 0 Å². The Morgan fingerprint density at radius 3 is 2.10 bits per heavy atom. The van der Waals surface area contributed by atoms with Gasteiger partial charge in [-0.2, -0.15) is 0 Å². The van der Waals surface area contributed by atoms with Crippen LogP contribution in [0.25, 0.3) is 0 Å². The molecule has 0 aromatic heterocycles. The fourth-order valence-electron chi connectivity index (χ4n) is 11.5. The minimum Gasteiger partial charge on any atom is -0.460 e. The molecule has 288 valence electrons. The highest BCUT2D eigenvalue weighted by Crippen LogP contribution is 2.72. The minimum atomic E-state index is -0.607.